The van der Waals surface area contributed by atoms with Gasteiger partial charge in [0, 0.05) is 24.2 Å². The van der Waals surface area contributed by atoms with Crippen LogP contribution in [0.15, 0.2) is 47.4 Å². The first kappa shape index (κ1) is 21.9. The molecule has 8 heteroatoms. The number of hydrogen-bond acceptors (Lipinski definition) is 4. The first-order valence-corrected chi connectivity index (χ1v) is 10.7. The first-order valence-electron chi connectivity index (χ1n) is 8.68. The Kier molecular flexibility index (Phi) is 7.21. The number of hydrogen-bond donors (Lipinski definition) is 1. The van der Waals surface area contributed by atoms with E-state index < -0.39 is 15.7 Å². The summed E-state index contributed by atoms with van der Waals surface area (Å²) in [5.74, 6) is -1.10. The molecule has 2 amide bonds. The third-order valence-electron chi connectivity index (χ3n) is 4.44. The number of benzene rings is 2. The van der Waals surface area contributed by atoms with E-state index in [1.807, 2.05) is 26.0 Å². The van der Waals surface area contributed by atoms with Crippen LogP contribution in [0.25, 0.3) is 0 Å². The van der Waals surface area contributed by atoms with Crippen LogP contribution >= 0.6 is 11.6 Å². The third kappa shape index (κ3) is 5.81. The summed E-state index contributed by atoms with van der Waals surface area (Å²) in [6.07, 6.45) is -0.210. The van der Waals surface area contributed by atoms with Gasteiger partial charge in [-0.2, -0.15) is 0 Å². The highest BCUT2D eigenvalue weighted by atomic mass is 35.5. The molecule has 0 spiro atoms. The minimum Gasteiger partial charge on any atom is -0.336 e. The van der Waals surface area contributed by atoms with Crippen molar-refractivity contribution in [3.8, 4) is 0 Å². The van der Waals surface area contributed by atoms with Crippen molar-refractivity contribution in [3.05, 3.63) is 58.6 Å². The average molecular weight is 423 g/mol. The van der Waals surface area contributed by atoms with Gasteiger partial charge in [-0.3, -0.25) is 9.59 Å². The molecule has 0 bridgehead atoms. The lowest BCUT2D eigenvalue weighted by Crippen LogP contribution is -2.35. The minimum absolute atomic E-state index is 0.111. The van der Waals surface area contributed by atoms with Crippen LogP contribution in [0.5, 0.6) is 0 Å². The van der Waals surface area contributed by atoms with Crippen LogP contribution in [0.2, 0.25) is 5.02 Å². The van der Waals surface area contributed by atoms with Crippen LogP contribution in [-0.2, 0) is 19.4 Å². The second-order valence-electron chi connectivity index (χ2n) is 6.57. The zero-order valence-corrected chi connectivity index (χ0v) is 17.6. The fraction of sp³-hybridized carbons (Fsp3) is 0.300. The Labute approximate surface area is 170 Å². The number of carbonyl (C=O) groups is 2. The number of sulfone groups is 1. The van der Waals surface area contributed by atoms with E-state index >= 15 is 0 Å². The summed E-state index contributed by atoms with van der Waals surface area (Å²) in [6, 6.07) is 11.4. The molecule has 0 aliphatic carbocycles. The molecule has 6 nitrogen and oxygen atoms in total. The van der Waals surface area contributed by atoms with Gasteiger partial charge in [-0.15, -0.1) is 0 Å². The Bertz CT molecular complexity index is 972. The second-order valence-corrected chi connectivity index (χ2v) is 9.11. The van der Waals surface area contributed by atoms with E-state index in [4.69, 9.17) is 11.6 Å². The van der Waals surface area contributed by atoms with Crippen molar-refractivity contribution in [2.24, 2.45) is 0 Å². The summed E-state index contributed by atoms with van der Waals surface area (Å²) in [4.78, 5) is 25.8. The molecule has 0 fully saturated rings. The van der Waals surface area contributed by atoms with Gasteiger partial charge in [0.1, 0.15) is 0 Å². The van der Waals surface area contributed by atoms with E-state index in [-0.39, 0.29) is 29.5 Å². The van der Waals surface area contributed by atoms with Crippen molar-refractivity contribution in [1.29, 1.82) is 0 Å². The van der Waals surface area contributed by atoms with Crippen molar-refractivity contribution in [2.45, 2.75) is 25.2 Å². The lowest BCUT2D eigenvalue weighted by atomic mass is 10.1. The molecule has 2 aromatic carbocycles. The summed E-state index contributed by atoms with van der Waals surface area (Å²) in [5.41, 5.74) is 2.70. The van der Waals surface area contributed by atoms with Crippen molar-refractivity contribution < 1.29 is 18.0 Å². The fourth-order valence-electron chi connectivity index (χ4n) is 2.55. The summed E-state index contributed by atoms with van der Waals surface area (Å²) in [7, 11) is -2.13. The van der Waals surface area contributed by atoms with Crippen molar-refractivity contribution in [1.82, 2.24) is 4.90 Å². The maximum Gasteiger partial charge on any atom is 0.243 e. The predicted octanol–water partition coefficient (Wildman–Crippen LogP) is 3.22. The van der Waals surface area contributed by atoms with E-state index in [0.29, 0.717) is 10.7 Å². The molecule has 0 aliphatic heterocycles. The first-order chi connectivity index (χ1) is 13.1. The molecule has 0 radical (unpaired) electrons. The Balaban J connectivity index is 1.90. The number of rotatable bonds is 7. The topological polar surface area (TPSA) is 83.6 Å². The summed E-state index contributed by atoms with van der Waals surface area (Å²) >= 11 is 5.76. The van der Waals surface area contributed by atoms with Crippen LogP contribution in [0.1, 0.15) is 17.5 Å². The molecule has 0 saturated carbocycles. The molecule has 0 atom stereocenters. The number of nitrogens with one attached hydrogen (secondary N) is 1. The SMILES string of the molecule is Cc1cccc(NC(=O)CN(C)C(=O)CCS(=O)(=O)c2ccc(Cl)cc2)c1C. The molecule has 150 valence electrons. The van der Waals surface area contributed by atoms with Crippen molar-refractivity contribution >= 4 is 38.9 Å². The molecular weight excluding hydrogens is 400 g/mol. The second kappa shape index (κ2) is 9.21. The van der Waals surface area contributed by atoms with Gasteiger partial charge in [-0.1, -0.05) is 23.7 Å². The molecule has 1 N–H and O–H groups in total. The third-order valence-corrected chi connectivity index (χ3v) is 6.43. The van der Waals surface area contributed by atoms with Gasteiger partial charge in [-0.25, -0.2) is 8.42 Å². The molecule has 0 unspecified atom stereocenters. The molecule has 0 aliphatic rings. The number of aryl methyl sites for hydroxylation is 1. The Morgan fingerprint density at radius 2 is 1.71 bits per heavy atom. The number of amides is 2. The Morgan fingerprint density at radius 3 is 2.36 bits per heavy atom. The van der Waals surface area contributed by atoms with Gasteiger partial charge >= 0.3 is 0 Å². The summed E-state index contributed by atoms with van der Waals surface area (Å²) in [5, 5.41) is 3.21. The molecule has 28 heavy (non-hydrogen) atoms. The van der Waals surface area contributed by atoms with Gasteiger partial charge in [0.2, 0.25) is 11.8 Å². The van der Waals surface area contributed by atoms with Gasteiger partial charge < -0.3 is 10.2 Å². The maximum absolute atomic E-state index is 12.3. The van der Waals surface area contributed by atoms with Gasteiger partial charge in [-0.05, 0) is 55.3 Å². The number of carbonyl (C=O) groups excluding carboxylic acids is 2. The molecular formula is C20H23ClN2O4S. The zero-order chi connectivity index (χ0) is 20.9. The van der Waals surface area contributed by atoms with Crippen molar-refractivity contribution in [3.63, 3.8) is 0 Å². The molecule has 0 heterocycles. The lowest BCUT2D eigenvalue weighted by Gasteiger charge is -2.18. The number of likely N-dealkylation sites (N-methyl/N-ethyl adjacent to an activating group) is 1. The zero-order valence-electron chi connectivity index (χ0n) is 16.0. The van der Waals surface area contributed by atoms with E-state index in [2.05, 4.69) is 5.32 Å². The van der Waals surface area contributed by atoms with E-state index in [1.54, 1.807) is 6.07 Å². The molecule has 0 aromatic heterocycles. The monoisotopic (exact) mass is 422 g/mol. The van der Waals surface area contributed by atoms with E-state index in [1.165, 1.54) is 36.2 Å². The van der Waals surface area contributed by atoms with Crippen LogP contribution in [0.4, 0.5) is 5.69 Å². The van der Waals surface area contributed by atoms with E-state index in [9.17, 15) is 18.0 Å². The largest absolute Gasteiger partial charge is 0.336 e. The normalized spacial score (nSPS) is 11.1. The van der Waals surface area contributed by atoms with E-state index in [0.717, 1.165) is 11.1 Å². The average Bonchev–Trinajstić information content (AvgIpc) is 2.64. The summed E-state index contributed by atoms with van der Waals surface area (Å²) < 4.78 is 24.6. The van der Waals surface area contributed by atoms with Crippen molar-refractivity contribution in [2.75, 3.05) is 24.7 Å². The van der Waals surface area contributed by atoms with Crippen LogP contribution in [-0.4, -0.2) is 44.5 Å². The van der Waals surface area contributed by atoms with Gasteiger partial charge in [0.05, 0.1) is 17.2 Å². The number of nitrogens with zero attached hydrogens (tertiary/aromatic N) is 1. The predicted molar refractivity (Wildman–Crippen MR) is 110 cm³/mol. The Hall–Kier alpha value is -2.38. The smallest absolute Gasteiger partial charge is 0.243 e. The van der Waals surface area contributed by atoms with Crippen LogP contribution < -0.4 is 5.32 Å². The van der Waals surface area contributed by atoms with Gasteiger partial charge in [0.25, 0.3) is 0 Å². The molecule has 2 rings (SSSR count). The highest BCUT2D eigenvalue weighted by Crippen LogP contribution is 2.18. The number of anilines is 1. The van der Waals surface area contributed by atoms with Crippen LogP contribution in [0, 0.1) is 13.8 Å². The molecule has 0 saturated heterocycles. The molecule has 2 aromatic rings. The van der Waals surface area contributed by atoms with Gasteiger partial charge in [0.15, 0.2) is 9.84 Å². The van der Waals surface area contributed by atoms with Crippen LogP contribution in [0.3, 0.4) is 0 Å². The fourth-order valence-corrected chi connectivity index (χ4v) is 3.91. The standard InChI is InChI=1S/C20H23ClN2O4S/c1-14-5-4-6-18(15(14)2)22-19(24)13-23(3)20(25)11-12-28(26,27)17-9-7-16(21)8-10-17/h4-10H,11-13H2,1-3H3,(H,22,24). The summed E-state index contributed by atoms with van der Waals surface area (Å²) in [6.45, 7) is 3.69. The maximum atomic E-state index is 12.3. The number of halogens is 1. The highest BCUT2D eigenvalue weighted by Gasteiger charge is 2.19. The lowest BCUT2D eigenvalue weighted by molar-refractivity contribution is -0.132. The highest BCUT2D eigenvalue weighted by molar-refractivity contribution is 7.91. The minimum atomic E-state index is -3.60. The Morgan fingerprint density at radius 1 is 1.07 bits per heavy atom. The quantitative estimate of drug-likeness (QED) is 0.742.